The Morgan fingerprint density at radius 1 is 1.02 bits per heavy atom. The van der Waals surface area contributed by atoms with Crippen molar-refractivity contribution in [3.8, 4) is 0 Å². The monoisotopic (exact) mass is 574 g/mol. The molecule has 0 aromatic heterocycles. The van der Waals surface area contributed by atoms with E-state index < -0.39 is 14.1 Å². The van der Waals surface area contributed by atoms with E-state index in [2.05, 4.69) is 74.6 Å². The van der Waals surface area contributed by atoms with E-state index in [0.29, 0.717) is 48.4 Å². The van der Waals surface area contributed by atoms with E-state index in [1.165, 1.54) is 50.5 Å². The first-order valence-electron chi connectivity index (χ1n) is 16.9. The van der Waals surface area contributed by atoms with Gasteiger partial charge in [0.05, 0.1) is 19.3 Å². The lowest BCUT2D eigenvalue weighted by Crippen LogP contribution is -2.56. The Balaban J connectivity index is 1.27. The van der Waals surface area contributed by atoms with Gasteiger partial charge in [0.1, 0.15) is 0 Å². The van der Waals surface area contributed by atoms with Crippen LogP contribution in [0.15, 0.2) is 11.6 Å². The van der Waals surface area contributed by atoms with Gasteiger partial charge in [-0.3, -0.25) is 0 Å². The van der Waals surface area contributed by atoms with Crippen molar-refractivity contribution in [3.63, 3.8) is 0 Å². The number of aliphatic hydroxyl groups is 1. The van der Waals surface area contributed by atoms with Crippen LogP contribution in [0.4, 0.5) is 0 Å². The van der Waals surface area contributed by atoms with Crippen molar-refractivity contribution in [1.29, 1.82) is 0 Å². The molecular weight excluding hydrogens is 512 g/mol. The molecule has 0 aromatic carbocycles. The summed E-state index contributed by atoms with van der Waals surface area (Å²) in [5.74, 6) is 2.88. The van der Waals surface area contributed by atoms with Crippen molar-refractivity contribution in [2.75, 3.05) is 13.2 Å². The highest BCUT2D eigenvalue weighted by atomic mass is 28.4. The van der Waals surface area contributed by atoms with E-state index in [-0.39, 0.29) is 16.6 Å². The molecule has 230 valence electrons. The molecule has 0 bridgehead atoms. The second kappa shape index (κ2) is 10.8. The highest BCUT2D eigenvalue weighted by molar-refractivity contribution is 6.74. The van der Waals surface area contributed by atoms with Crippen LogP contribution in [-0.4, -0.2) is 44.6 Å². The molecule has 0 spiro atoms. The molecule has 3 saturated carbocycles. The van der Waals surface area contributed by atoms with Crippen LogP contribution < -0.4 is 0 Å². The van der Waals surface area contributed by atoms with Crippen molar-refractivity contribution in [1.82, 2.24) is 0 Å². The fourth-order valence-corrected chi connectivity index (χ4v) is 11.6. The summed E-state index contributed by atoms with van der Waals surface area (Å²) in [5.41, 5.74) is 2.04. The van der Waals surface area contributed by atoms with Crippen molar-refractivity contribution < 1.29 is 19.0 Å². The minimum Gasteiger partial charge on any atom is -0.414 e. The van der Waals surface area contributed by atoms with Crippen LogP contribution in [0.3, 0.4) is 0 Å². The summed E-state index contributed by atoms with van der Waals surface area (Å²) in [6, 6.07) is 0. The van der Waals surface area contributed by atoms with Crippen LogP contribution in [0.1, 0.15) is 113 Å². The number of hydrogen-bond acceptors (Lipinski definition) is 4. The topological polar surface area (TPSA) is 47.9 Å². The first kappa shape index (κ1) is 31.2. The number of rotatable bonds is 7. The van der Waals surface area contributed by atoms with Gasteiger partial charge in [0, 0.05) is 24.4 Å². The van der Waals surface area contributed by atoms with Crippen LogP contribution in [-0.2, 0) is 13.9 Å². The predicted molar refractivity (Wildman–Crippen MR) is 167 cm³/mol. The van der Waals surface area contributed by atoms with Crippen molar-refractivity contribution in [2.45, 2.75) is 149 Å². The predicted octanol–water partition coefficient (Wildman–Crippen LogP) is 8.74. The molecule has 4 fully saturated rings. The van der Waals surface area contributed by atoms with E-state index in [4.69, 9.17) is 13.9 Å². The lowest BCUT2D eigenvalue weighted by Gasteiger charge is -2.61. The lowest BCUT2D eigenvalue weighted by atomic mass is 9.44. The average molecular weight is 575 g/mol. The molecule has 5 rings (SSSR count). The molecule has 4 aliphatic carbocycles. The Hall–Kier alpha value is -0.203. The summed E-state index contributed by atoms with van der Waals surface area (Å²) in [4.78, 5) is 0. The Morgan fingerprint density at radius 3 is 2.33 bits per heavy atom. The molecule has 0 aromatic rings. The molecule has 1 saturated heterocycles. The zero-order chi connectivity index (χ0) is 29.3. The van der Waals surface area contributed by atoms with Gasteiger partial charge < -0.3 is 19.0 Å². The third kappa shape index (κ3) is 5.14. The van der Waals surface area contributed by atoms with Crippen molar-refractivity contribution in [2.24, 2.45) is 46.3 Å². The van der Waals surface area contributed by atoms with Gasteiger partial charge in [0.25, 0.3) is 0 Å². The molecule has 5 aliphatic rings. The van der Waals surface area contributed by atoms with Gasteiger partial charge in [-0.1, -0.05) is 67.0 Å². The Morgan fingerprint density at radius 2 is 1.70 bits per heavy atom. The second-order valence-corrected chi connectivity index (χ2v) is 21.8. The zero-order valence-corrected chi connectivity index (χ0v) is 28.6. The van der Waals surface area contributed by atoms with E-state index >= 15 is 0 Å². The first-order chi connectivity index (χ1) is 18.5. The van der Waals surface area contributed by atoms with Crippen LogP contribution >= 0.6 is 0 Å². The van der Waals surface area contributed by atoms with Crippen LogP contribution in [0.2, 0.25) is 18.1 Å². The smallest absolute Gasteiger partial charge is 0.192 e. The van der Waals surface area contributed by atoms with Gasteiger partial charge >= 0.3 is 0 Å². The Labute approximate surface area is 247 Å². The molecule has 40 heavy (non-hydrogen) atoms. The average Bonchev–Trinajstić information content (AvgIpc) is 3.45. The first-order valence-corrected chi connectivity index (χ1v) is 19.8. The largest absolute Gasteiger partial charge is 0.414 e. The lowest BCUT2D eigenvalue weighted by molar-refractivity contribution is -0.194. The maximum atomic E-state index is 11.7. The quantitative estimate of drug-likeness (QED) is 0.244. The molecule has 1 aliphatic heterocycles. The molecule has 1 N–H and O–H groups in total. The fraction of sp³-hybridized carbons (Fsp3) is 0.943. The maximum Gasteiger partial charge on any atom is 0.192 e. The highest BCUT2D eigenvalue weighted by Crippen LogP contribution is 2.67. The normalized spacial score (nSPS) is 42.2. The highest BCUT2D eigenvalue weighted by Gasteiger charge is 2.61. The number of fused-ring (bicyclic) bond motifs is 5. The number of ether oxygens (including phenoxy) is 2. The Bertz CT molecular complexity index is 946. The molecule has 9 atom stereocenters. The van der Waals surface area contributed by atoms with Gasteiger partial charge in [-0.2, -0.15) is 0 Å². The minimum atomic E-state index is -1.75. The van der Waals surface area contributed by atoms with Crippen molar-refractivity contribution in [3.05, 3.63) is 11.6 Å². The van der Waals surface area contributed by atoms with E-state index in [0.717, 1.165) is 24.7 Å². The molecule has 4 nitrogen and oxygen atoms in total. The van der Waals surface area contributed by atoms with Gasteiger partial charge in [-0.15, -0.1) is 0 Å². The summed E-state index contributed by atoms with van der Waals surface area (Å²) in [7, 11) is -1.75. The SMILES string of the molecule is CC(C)C1(CC[C@@H](C)C2=C[C@@H](O)[C@H]3[C@@H]4CC[C@H]5C[C@@H](O[Si](C)(C)C(C)(C)C)CC[C@]5(C)[C@H]4CC[C@]23C)OCCO1. The molecule has 0 radical (unpaired) electrons. The summed E-state index contributed by atoms with van der Waals surface area (Å²) in [5, 5.41) is 11.9. The maximum absolute atomic E-state index is 11.7. The van der Waals surface area contributed by atoms with Gasteiger partial charge in [0.2, 0.25) is 0 Å². The third-order valence-corrected chi connectivity index (χ3v) is 18.2. The summed E-state index contributed by atoms with van der Waals surface area (Å²) < 4.78 is 19.3. The van der Waals surface area contributed by atoms with Crippen LogP contribution in [0.25, 0.3) is 0 Å². The van der Waals surface area contributed by atoms with E-state index in [1.54, 1.807) is 0 Å². The molecule has 0 amide bonds. The zero-order valence-electron chi connectivity index (χ0n) is 27.6. The van der Waals surface area contributed by atoms with E-state index in [9.17, 15) is 5.11 Å². The van der Waals surface area contributed by atoms with Crippen LogP contribution in [0, 0.1) is 46.3 Å². The number of aliphatic hydroxyl groups excluding tert-OH is 1. The Kier molecular flexibility index (Phi) is 8.39. The third-order valence-electron chi connectivity index (χ3n) is 13.6. The number of allylic oxidation sites excluding steroid dienone is 1. The number of hydrogen-bond donors (Lipinski definition) is 1. The molecule has 1 heterocycles. The molecular formula is C35H62O4Si. The van der Waals surface area contributed by atoms with Gasteiger partial charge in [0.15, 0.2) is 14.1 Å². The van der Waals surface area contributed by atoms with Gasteiger partial charge in [-0.25, -0.2) is 0 Å². The summed E-state index contributed by atoms with van der Waals surface area (Å²) in [6.45, 7) is 25.3. The molecule has 0 unspecified atom stereocenters. The van der Waals surface area contributed by atoms with E-state index in [1.807, 2.05) is 0 Å². The second-order valence-electron chi connectivity index (χ2n) is 17.0. The minimum absolute atomic E-state index is 0.119. The fourth-order valence-electron chi connectivity index (χ4n) is 10.2. The standard InChI is InChI=1S/C35H62O4Si/c1-23(2)35(37-19-20-38-35)18-13-24(3)29-22-30(36)31-27-12-11-25-21-26(39-40(9,10)32(4,5)6)14-16-33(25,7)28(27)15-17-34(29,31)8/h22-28,30-31,36H,11-21H2,1-10H3/t24-,25+,26+,27-,28+,30-,31-,33+,34-/m1/s1. The van der Waals surface area contributed by atoms with Crippen molar-refractivity contribution >= 4 is 8.32 Å². The van der Waals surface area contributed by atoms with Crippen LogP contribution in [0.5, 0.6) is 0 Å². The summed E-state index contributed by atoms with van der Waals surface area (Å²) >= 11 is 0. The molecule has 5 heteroatoms. The van der Waals surface area contributed by atoms with Gasteiger partial charge in [-0.05, 0) is 104 Å². The summed E-state index contributed by atoms with van der Waals surface area (Å²) in [6.07, 6.45) is 13.3.